The molecule has 0 aliphatic carbocycles. The predicted octanol–water partition coefficient (Wildman–Crippen LogP) is 3.48. The van der Waals surface area contributed by atoms with Crippen LogP contribution in [0, 0.1) is 0 Å². The number of hydrogen-bond acceptors (Lipinski definition) is 3. The lowest BCUT2D eigenvalue weighted by atomic mass is 10.1. The normalized spacial score (nSPS) is 19.8. The van der Waals surface area contributed by atoms with Crippen LogP contribution in [0.1, 0.15) is 25.0 Å². The van der Waals surface area contributed by atoms with Gasteiger partial charge in [-0.15, -0.1) is 11.6 Å². The summed E-state index contributed by atoms with van der Waals surface area (Å²) in [5.74, 6) is 1.23. The van der Waals surface area contributed by atoms with Gasteiger partial charge in [-0.1, -0.05) is 11.6 Å². The second-order valence-corrected chi connectivity index (χ2v) is 5.28. The summed E-state index contributed by atoms with van der Waals surface area (Å²) in [6.07, 6.45) is 3.86. The van der Waals surface area contributed by atoms with Gasteiger partial charge in [-0.3, -0.25) is 0 Å². The monoisotopic (exact) mass is 288 g/mol. The van der Waals surface area contributed by atoms with Crippen LogP contribution in [0.4, 0.5) is 5.82 Å². The third-order valence-electron chi connectivity index (χ3n) is 3.17. The first kappa shape index (κ1) is 13.9. The van der Waals surface area contributed by atoms with E-state index in [9.17, 15) is 0 Å². The first-order chi connectivity index (χ1) is 8.70. The molecular formula is C13H18Cl2N2O. The van der Waals surface area contributed by atoms with Gasteiger partial charge < -0.3 is 9.64 Å². The van der Waals surface area contributed by atoms with Gasteiger partial charge in [-0.25, -0.2) is 4.98 Å². The second-order valence-electron chi connectivity index (χ2n) is 4.60. The summed E-state index contributed by atoms with van der Waals surface area (Å²) in [6.45, 7) is 1.73. The number of nitrogens with zero attached hydrogens (tertiary/aromatic N) is 2. The highest BCUT2D eigenvalue weighted by Crippen LogP contribution is 2.21. The Kier molecular flexibility index (Phi) is 5.10. The van der Waals surface area contributed by atoms with Crippen LogP contribution in [-0.2, 0) is 10.6 Å². The summed E-state index contributed by atoms with van der Waals surface area (Å²) >= 11 is 11.8. The maximum atomic E-state index is 6.00. The fourth-order valence-electron chi connectivity index (χ4n) is 2.13. The second kappa shape index (κ2) is 6.60. The molecule has 1 aromatic rings. The number of hydrogen-bond donors (Lipinski definition) is 0. The molecule has 1 aliphatic rings. The molecule has 0 radical (unpaired) electrons. The van der Waals surface area contributed by atoms with Gasteiger partial charge in [0.2, 0.25) is 0 Å². The Hall–Kier alpha value is -0.510. The first-order valence-corrected chi connectivity index (χ1v) is 7.16. The van der Waals surface area contributed by atoms with E-state index in [1.54, 1.807) is 0 Å². The third kappa shape index (κ3) is 3.50. The van der Waals surface area contributed by atoms with E-state index < -0.39 is 0 Å². The highest BCUT2D eigenvalue weighted by Gasteiger charge is 2.17. The molecule has 18 heavy (non-hydrogen) atoms. The van der Waals surface area contributed by atoms with E-state index in [0.29, 0.717) is 17.0 Å². The fraction of sp³-hybridized carbons (Fsp3) is 0.615. The van der Waals surface area contributed by atoms with Crippen molar-refractivity contribution in [3.05, 3.63) is 22.8 Å². The van der Waals surface area contributed by atoms with Crippen molar-refractivity contribution in [2.75, 3.05) is 25.1 Å². The van der Waals surface area contributed by atoms with Crippen molar-refractivity contribution in [3.8, 4) is 0 Å². The molecule has 5 heteroatoms. The molecule has 2 rings (SSSR count). The van der Waals surface area contributed by atoms with Crippen LogP contribution >= 0.6 is 23.2 Å². The number of ether oxygens (including phenoxy) is 1. The summed E-state index contributed by atoms with van der Waals surface area (Å²) in [4.78, 5) is 6.56. The van der Waals surface area contributed by atoms with Crippen molar-refractivity contribution >= 4 is 29.0 Å². The molecule has 0 bridgehead atoms. The van der Waals surface area contributed by atoms with Crippen LogP contribution < -0.4 is 4.90 Å². The average Bonchev–Trinajstić information content (AvgIpc) is 2.40. The van der Waals surface area contributed by atoms with E-state index in [1.807, 2.05) is 19.2 Å². The number of anilines is 1. The van der Waals surface area contributed by atoms with E-state index in [1.165, 1.54) is 12.8 Å². The molecule has 1 atom stereocenters. The number of rotatable bonds is 4. The zero-order chi connectivity index (χ0) is 13.0. The number of halogens is 2. The Morgan fingerprint density at radius 1 is 1.44 bits per heavy atom. The summed E-state index contributed by atoms with van der Waals surface area (Å²) < 4.78 is 5.73. The average molecular weight is 289 g/mol. The minimum Gasteiger partial charge on any atom is -0.376 e. The Morgan fingerprint density at radius 3 is 2.94 bits per heavy atom. The topological polar surface area (TPSA) is 25.4 Å². The maximum Gasteiger partial charge on any atom is 0.128 e. The number of pyridine rings is 1. The van der Waals surface area contributed by atoms with E-state index in [0.717, 1.165) is 31.1 Å². The molecule has 0 N–H and O–H groups in total. The lowest BCUT2D eigenvalue weighted by Gasteiger charge is -2.28. The minimum atomic E-state index is 0.306. The Morgan fingerprint density at radius 2 is 2.28 bits per heavy atom. The lowest BCUT2D eigenvalue weighted by Crippen LogP contribution is -2.33. The van der Waals surface area contributed by atoms with Crippen molar-refractivity contribution < 1.29 is 4.74 Å². The molecule has 0 aromatic carbocycles. The van der Waals surface area contributed by atoms with Crippen molar-refractivity contribution in [2.24, 2.45) is 0 Å². The molecular weight excluding hydrogens is 271 g/mol. The molecule has 1 unspecified atom stereocenters. The van der Waals surface area contributed by atoms with Crippen molar-refractivity contribution in [1.29, 1.82) is 0 Å². The van der Waals surface area contributed by atoms with Crippen molar-refractivity contribution in [3.63, 3.8) is 0 Å². The molecule has 3 nitrogen and oxygen atoms in total. The van der Waals surface area contributed by atoms with Crippen LogP contribution in [0.5, 0.6) is 0 Å². The molecule has 0 spiro atoms. The van der Waals surface area contributed by atoms with E-state index in [2.05, 4.69) is 9.88 Å². The largest absolute Gasteiger partial charge is 0.376 e. The molecule has 1 fully saturated rings. The van der Waals surface area contributed by atoms with Gasteiger partial charge in [0.25, 0.3) is 0 Å². The Balaban J connectivity index is 2.01. The molecule has 1 saturated heterocycles. The van der Waals surface area contributed by atoms with Gasteiger partial charge >= 0.3 is 0 Å². The number of aromatic nitrogens is 1. The van der Waals surface area contributed by atoms with E-state index in [-0.39, 0.29) is 0 Å². The minimum absolute atomic E-state index is 0.306. The van der Waals surface area contributed by atoms with Gasteiger partial charge in [0.15, 0.2) is 0 Å². The van der Waals surface area contributed by atoms with Crippen LogP contribution in [0.15, 0.2) is 12.1 Å². The summed E-state index contributed by atoms with van der Waals surface area (Å²) in [5.41, 5.74) is 0.729. The van der Waals surface area contributed by atoms with Gasteiger partial charge in [0.1, 0.15) is 5.82 Å². The van der Waals surface area contributed by atoms with Gasteiger partial charge in [-0.05, 0) is 31.4 Å². The Bertz CT molecular complexity index is 395. The van der Waals surface area contributed by atoms with Crippen LogP contribution in [0.2, 0.25) is 5.02 Å². The lowest BCUT2D eigenvalue weighted by molar-refractivity contribution is 0.0215. The first-order valence-electron chi connectivity index (χ1n) is 6.25. The predicted molar refractivity (Wildman–Crippen MR) is 75.7 cm³/mol. The number of alkyl halides is 1. The molecule has 1 aliphatic heterocycles. The standard InChI is InChI=1S/C13H18Cl2N2O/c1-17(9-10-4-2-3-7-18-10)13-6-5-11(15)12(8-14)16-13/h5-6,10H,2-4,7-9H2,1H3. The molecule has 0 amide bonds. The SMILES string of the molecule is CN(CC1CCCCO1)c1ccc(Cl)c(CCl)n1. The van der Waals surface area contributed by atoms with Gasteiger partial charge in [0, 0.05) is 20.2 Å². The third-order valence-corrected chi connectivity index (χ3v) is 3.77. The summed E-state index contributed by atoms with van der Waals surface area (Å²) in [7, 11) is 2.02. The quantitative estimate of drug-likeness (QED) is 0.793. The molecule has 100 valence electrons. The summed E-state index contributed by atoms with van der Waals surface area (Å²) in [5, 5.41) is 0.621. The van der Waals surface area contributed by atoms with Crippen molar-refractivity contribution in [2.45, 2.75) is 31.2 Å². The number of likely N-dealkylation sites (N-methyl/N-ethyl adjacent to an activating group) is 1. The van der Waals surface area contributed by atoms with Crippen molar-refractivity contribution in [1.82, 2.24) is 4.98 Å². The zero-order valence-corrected chi connectivity index (χ0v) is 12.0. The van der Waals surface area contributed by atoms with Crippen LogP contribution in [0.3, 0.4) is 0 Å². The van der Waals surface area contributed by atoms with Gasteiger partial charge in [-0.2, -0.15) is 0 Å². The van der Waals surface area contributed by atoms with Gasteiger partial charge in [0.05, 0.1) is 22.7 Å². The van der Waals surface area contributed by atoms with Crippen LogP contribution in [0.25, 0.3) is 0 Å². The van der Waals surface area contributed by atoms with E-state index in [4.69, 9.17) is 27.9 Å². The molecule has 2 heterocycles. The van der Waals surface area contributed by atoms with E-state index >= 15 is 0 Å². The smallest absolute Gasteiger partial charge is 0.128 e. The maximum absolute atomic E-state index is 6.00. The molecule has 0 saturated carbocycles. The Labute approximate surface area is 118 Å². The zero-order valence-electron chi connectivity index (χ0n) is 10.5. The van der Waals surface area contributed by atoms with Crippen LogP contribution in [-0.4, -0.2) is 31.3 Å². The highest BCUT2D eigenvalue weighted by molar-refractivity contribution is 6.32. The fourth-order valence-corrected chi connectivity index (χ4v) is 2.57. The highest BCUT2D eigenvalue weighted by atomic mass is 35.5. The molecule has 1 aromatic heterocycles. The summed E-state index contributed by atoms with van der Waals surface area (Å²) in [6, 6.07) is 3.76.